The molecule has 0 aromatic carbocycles. The third-order valence-corrected chi connectivity index (χ3v) is 1.86. The van der Waals surface area contributed by atoms with Crippen LogP contribution < -0.4 is 0 Å². The summed E-state index contributed by atoms with van der Waals surface area (Å²) in [5, 5.41) is 0. The molecular formula is C11H16N2. The van der Waals surface area contributed by atoms with Crippen LogP contribution >= 0.6 is 0 Å². The minimum absolute atomic E-state index is 1.17. The van der Waals surface area contributed by atoms with E-state index in [0.29, 0.717) is 0 Å². The molecule has 2 nitrogen and oxygen atoms in total. The van der Waals surface area contributed by atoms with Crippen molar-refractivity contribution in [3.63, 3.8) is 0 Å². The van der Waals surface area contributed by atoms with E-state index in [1.54, 1.807) is 6.20 Å². The minimum Gasteiger partial charge on any atom is -0.377 e. The second-order valence-electron chi connectivity index (χ2n) is 3.48. The van der Waals surface area contributed by atoms with Crippen molar-refractivity contribution in [1.29, 1.82) is 0 Å². The van der Waals surface area contributed by atoms with Gasteiger partial charge < -0.3 is 4.90 Å². The lowest BCUT2D eigenvalue weighted by molar-refractivity contribution is 0.587. The van der Waals surface area contributed by atoms with Crippen molar-refractivity contribution in [3.05, 3.63) is 35.7 Å². The van der Waals surface area contributed by atoms with Crippen LogP contribution in [0.25, 0.3) is 5.70 Å². The van der Waals surface area contributed by atoms with E-state index in [9.17, 15) is 0 Å². The summed E-state index contributed by atoms with van der Waals surface area (Å²) in [6.45, 7) is 4.23. The lowest BCUT2D eigenvalue weighted by Gasteiger charge is -2.19. The van der Waals surface area contributed by atoms with Gasteiger partial charge in [-0.05, 0) is 26.0 Å². The number of allylic oxidation sites excluding steroid dienone is 1. The van der Waals surface area contributed by atoms with Crippen molar-refractivity contribution in [2.75, 3.05) is 14.1 Å². The van der Waals surface area contributed by atoms with Gasteiger partial charge in [0.1, 0.15) is 0 Å². The van der Waals surface area contributed by atoms with E-state index in [2.05, 4.69) is 43.9 Å². The minimum atomic E-state index is 1.17. The maximum atomic E-state index is 4.11. The molecule has 0 saturated heterocycles. The van der Waals surface area contributed by atoms with E-state index >= 15 is 0 Å². The molecule has 0 spiro atoms. The zero-order valence-corrected chi connectivity index (χ0v) is 8.70. The zero-order valence-electron chi connectivity index (χ0n) is 8.70. The Kier molecular flexibility index (Phi) is 3.07. The number of pyridine rings is 1. The van der Waals surface area contributed by atoms with Crippen LogP contribution in [0.3, 0.4) is 0 Å². The molecular weight excluding hydrogens is 160 g/mol. The van der Waals surface area contributed by atoms with Crippen molar-refractivity contribution < 1.29 is 0 Å². The average molecular weight is 176 g/mol. The fourth-order valence-electron chi connectivity index (χ4n) is 1.50. The molecule has 0 aliphatic carbocycles. The van der Waals surface area contributed by atoms with Crippen LogP contribution in [-0.2, 0) is 0 Å². The van der Waals surface area contributed by atoms with Gasteiger partial charge in [-0.15, -0.1) is 0 Å². The lowest BCUT2D eigenvalue weighted by atomic mass is 10.1. The molecule has 1 rings (SSSR count). The van der Waals surface area contributed by atoms with Gasteiger partial charge in [-0.25, -0.2) is 0 Å². The summed E-state index contributed by atoms with van der Waals surface area (Å²) in [7, 11) is 4.10. The van der Waals surface area contributed by atoms with Crippen LogP contribution in [0.5, 0.6) is 0 Å². The molecule has 2 heteroatoms. The second kappa shape index (κ2) is 4.08. The second-order valence-corrected chi connectivity index (χ2v) is 3.48. The van der Waals surface area contributed by atoms with Gasteiger partial charge in [0.15, 0.2) is 0 Å². The van der Waals surface area contributed by atoms with Crippen molar-refractivity contribution in [3.8, 4) is 0 Å². The van der Waals surface area contributed by atoms with Gasteiger partial charge in [0.05, 0.1) is 0 Å². The van der Waals surface area contributed by atoms with Crippen LogP contribution in [0.4, 0.5) is 0 Å². The largest absolute Gasteiger partial charge is 0.377 e. The van der Waals surface area contributed by atoms with Crippen LogP contribution in [0.15, 0.2) is 30.1 Å². The van der Waals surface area contributed by atoms with Crippen LogP contribution in [0.2, 0.25) is 0 Å². The quantitative estimate of drug-likeness (QED) is 0.688. The molecule has 0 fully saturated rings. The molecule has 0 saturated carbocycles. The summed E-state index contributed by atoms with van der Waals surface area (Å²) in [6.07, 6.45) is 3.68. The Labute approximate surface area is 79.9 Å². The summed E-state index contributed by atoms with van der Waals surface area (Å²) < 4.78 is 0. The Hall–Kier alpha value is -1.31. The molecule has 0 amide bonds. The molecule has 0 bridgehead atoms. The summed E-state index contributed by atoms with van der Waals surface area (Å²) in [6, 6.07) is 4.04. The van der Waals surface area contributed by atoms with Crippen molar-refractivity contribution in [2.24, 2.45) is 0 Å². The number of rotatable bonds is 2. The molecule has 0 N–H and O–H groups in total. The number of hydrogen-bond acceptors (Lipinski definition) is 2. The van der Waals surface area contributed by atoms with Gasteiger partial charge in [0, 0.05) is 37.7 Å². The lowest BCUT2D eigenvalue weighted by Crippen LogP contribution is -2.11. The zero-order chi connectivity index (χ0) is 9.84. The smallest absolute Gasteiger partial charge is 0.0436 e. The van der Waals surface area contributed by atoms with Crippen molar-refractivity contribution in [2.45, 2.75) is 13.8 Å². The third kappa shape index (κ3) is 2.31. The number of aromatic nitrogens is 1. The molecule has 1 heterocycles. The Morgan fingerprint density at radius 1 is 1.31 bits per heavy atom. The van der Waals surface area contributed by atoms with Gasteiger partial charge in [-0.2, -0.15) is 0 Å². The number of nitrogens with zero attached hydrogens (tertiary/aromatic N) is 2. The van der Waals surface area contributed by atoms with E-state index in [-0.39, 0.29) is 0 Å². The van der Waals surface area contributed by atoms with E-state index in [1.807, 2.05) is 12.3 Å². The van der Waals surface area contributed by atoms with E-state index in [0.717, 1.165) is 0 Å². The standard InChI is InChI=1S/C11H16N2/c1-9(2)11(13(3)4)10-6-5-7-12-8-10/h5-8H,1-4H3. The first-order chi connectivity index (χ1) is 6.13. The van der Waals surface area contributed by atoms with Gasteiger partial charge >= 0.3 is 0 Å². The van der Waals surface area contributed by atoms with Gasteiger partial charge in [-0.1, -0.05) is 5.57 Å². The first-order valence-corrected chi connectivity index (χ1v) is 4.38. The SMILES string of the molecule is CC(C)=C(c1cccnc1)N(C)C. The van der Waals surface area contributed by atoms with E-state index in [4.69, 9.17) is 0 Å². The molecule has 0 aliphatic heterocycles. The van der Waals surface area contributed by atoms with Crippen LogP contribution in [-0.4, -0.2) is 24.0 Å². The Balaban J connectivity index is 3.12. The summed E-state index contributed by atoms with van der Waals surface area (Å²) in [5.41, 5.74) is 3.72. The highest BCUT2D eigenvalue weighted by atomic mass is 15.1. The highest BCUT2D eigenvalue weighted by Gasteiger charge is 2.04. The van der Waals surface area contributed by atoms with E-state index < -0.39 is 0 Å². The predicted octanol–water partition coefficient (Wildman–Crippen LogP) is 2.39. The molecule has 1 aromatic heterocycles. The molecule has 0 aliphatic rings. The number of hydrogen-bond donors (Lipinski definition) is 0. The maximum absolute atomic E-state index is 4.11. The first kappa shape index (κ1) is 9.78. The Morgan fingerprint density at radius 3 is 2.38 bits per heavy atom. The molecule has 13 heavy (non-hydrogen) atoms. The van der Waals surface area contributed by atoms with Crippen molar-refractivity contribution >= 4 is 5.70 Å². The van der Waals surface area contributed by atoms with Crippen molar-refractivity contribution in [1.82, 2.24) is 9.88 Å². The molecule has 0 radical (unpaired) electrons. The molecule has 0 atom stereocenters. The van der Waals surface area contributed by atoms with Gasteiger partial charge in [0.2, 0.25) is 0 Å². The van der Waals surface area contributed by atoms with Crippen LogP contribution in [0.1, 0.15) is 19.4 Å². The summed E-state index contributed by atoms with van der Waals surface area (Å²) in [5.74, 6) is 0. The monoisotopic (exact) mass is 176 g/mol. The topological polar surface area (TPSA) is 16.1 Å². The summed E-state index contributed by atoms with van der Waals surface area (Å²) >= 11 is 0. The molecule has 70 valence electrons. The highest BCUT2D eigenvalue weighted by Crippen LogP contribution is 2.18. The normalized spacial score (nSPS) is 9.54. The summed E-state index contributed by atoms with van der Waals surface area (Å²) in [4.78, 5) is 6.23. The Morgan fingerprint density at radius 2 is 2.00 bits per heavy atom. The molecule has 0 unspecified atom stereocenters. The van der Waals surface area contributed by atoms with E-state index in [1.165, 1.54) is 16.8 Å². The van der Waals surface area contributed by atoms with Crippen LogP contribution in [0, 0.1) is 0 Å². The fourth-order valence-corrected chi connectivity index (χ4v) is 1.50. The predicted molar refractivity (Wildman–Crippen MR) is 56.2 cm³/mol. The van der Waals surface area contributed by atoms with Gasteiger partial charge in [0.25, 0.3) is 0 Å². The highest BCUT2D eigenvalue weighted by molar-refractivity contribution is 5.65. The average Bonchev–Trinajstić information content (AvgIpc) is 2.04. The Bertz CT molecular complexity index is 295. The molecule has 1 aromatic rings. The van der Waals surface area contributed by atoms with Gasteiger partial charge in [-0.3, -0.25) is 4.98 Å². The third-order valence-electron chi connectivity index (χ3n) is 1.86. The maximum Gasteiger partial charge on any atom is 0.0436 e. The first-order valence-electron chi connectivity index (χ1n) is 4.38. The fraction of sp³-hybridized carbons (Fsp3) is 0.364.